The first-order chi connectivity index (χ1) is 15.0. The van der Waals surface area contributed by atoms with Crippen molar-refractivity contribution in [1.82, 2.24) is 30.1 Å². The molecular formula is C23H36N6O2. The highest BCUT2D eigenvalue weighted by Crippen LogP contribution is 2.25. The standard InChI is InChI=1S/C23H36N6O2/c1-3-27(4-2)14-8-13-24-22(30)21-18-29(26-25-21)19-23(31)11-15-28(16-12-23)17-20-9-6-5-7-10-20/h5-7,9-10,18,31H,3-4,8,11-17,19H2,1-2H3,(H,24,30). The Bertz CT molecular complexity index is 797. The molecule has 1 amide bonds. The molecule has 2 aromatic rings. The van der Waals surface area contributed by atoms with Gasteiger partial charge in [0.2, 0.25) is 0 Å². The second-order valence-corrected chi connectivity index (χ2v) is 8.42. The fourth-order valence-corrected chi connectivity index (χ4v) is 4.04. The molecule has 1 aromatic heterocycles. The van der Waals surface area contributed by atoms with Crippen molar-refractivity contribution < 1.29 is 9.90 Å². The fraction of sp³-hybridized carbons (Fsp3) is 0.609. The van der Waals surface area contributed by atoms with Gasteiger partial charge in [-0.15, -0.1) is 5.10 Å². The summed E-state index contributed by atoms with van der Waals surface area (Å²) in [5.74, 6) is -0.213. The van der Waals surface area contributed by atoms with Gasteiger partial charge in [-0.25, -0.2) is 4.68 Å². The van der Waals surface area contributed by atoms with E-state index in [1.165, 1.54) is 5.56 Å². The average Bonchev–Trinajstić information content (AvgIpc) is 3.24. The highest BCUT2D eigenvalue weighted by molar-refractivity contribution is 5.91. The van der Waals surface area contributed by atoms with Crippen molar-refractivity contribution in [2.75, 3.05) is 39.3 Å². The molecule has 2 heterocycles. The highest BCUT2D eigenvalue weighted by atomic mass is 16.3. The summed E-state index contributed by atoms with van der Waals surface area (Å²) in [5.41, 5.74) is 0.767. The van der Waals surface area contributed by atoms with E-state index in [-0.39, 0.29) is 5.91 Å². The highest BCUT2D eigenvalue weighted by Gasteiger charge is 2.33. The van der Waals surface area contributed by atoms with E-state index in [1.54, 1.807) is 10.9 Å². The number of hydrogen-bond donors (Lipinski definition) is 2. The molecule has 1 fully saturated rings. The van der Waals surface area contributed by atoms with Gasteiger partial charge in [-0.05, 0) is 44.5 Å². The number of carbonyl (C=O) groups is 1. The smallest absolute Gasteiger partial charge is 0.273 e. The third-order valence-corrected chi connectivity index (χ3v) is 6.09. The molecule has 0 aliphatic carbocycles. The van der Waals surface area contributed by atoms with Crippen molar-refractivity contribution in [2.24, 2.45) is 0 Å². The zero-order chi connectivity index (χ0) is 22.1. The van der Waals surface area contributed by atoms with E-state index in [4.69, 9.17) is 0 Å². The van der Waals surface area contributed by atoms with Crippen LogP contribution in [0.2, 0.25) is 0 Å². The Balaban J connectivity index is 1.42. The van der Waals surface area contributed by atoms with E-state index in [0.717, 1.165) is 45.7 Å². The van der Waals surface area contributed by atoms with E-state index >= 15 is 0 Å². The van der Waals surface area contributed by atoms with Crippen LogP contribution in [0.1, 0.15) is 49.2 Å². The maximum Gasteiger partial charge on any atom is 0.273 e. The lowest BCUT2D eigenvalue weighted by Crippen LogP contribution is -2.46. The van der Waals surface area contributed by atoms with Crippen LogP contribution in [0, 0.1) is 0 Å². The molecule has 1 aromatic carbocycles. The van der Waals surface area contributed by atoms with Gasteiger partial charge in [0.25, 0.3) is 5.91 Å². The van der Waals surface area contributed by atoms with Crippen LogP contribution in [0.5, 0.6) is 0 Å². The molecule has 8 nitrogen and oxygen atoms in total. The monoisotopic (exact) mass is 428 g/mol. The number of nitrogens with zero attached hydrogens (tertiary/aromatic N) is 5. The Hall–Kier alpha value is -2.29. The molecule has 0 radical (unpaired) electrons. The van der Waals surface area contributed by atoms with E-state index in [9.17, 15) is 9.90 Å². The largest absolute Gasteiger partial charge is 0.388 e. The number of carbonyl (C=O) groups excluding carboxylic acids is 1. The van der Waals surface area contributed by atoms with Crippen LogP contribution < -0.4 is 5.32 Å². The molecule has 31 heavy (non-hydrogen) atoms. The van der Waals surface area contributed by atoms with Crippen molar-refractivity contribution in [3.05, 3.63) is 47.8 Å². The Morgan fingerprint density at radius 3 is 2.58 bits per heavy atom. The van der Waals surface area contributed by atoms with Gasteiger partial charge >= 0.3 is 0 Å². The second-order valence-electron chi connectivity index (χ2n) is 8.42. The minimum atomic E-state index is -0.821. The number of rotatable bonds is 11. The summed E-state index contributed by atoms with van der Waals surface area (Å²) in [6.07, 6.45) is 3.88. The van der Waals surface area contributed by atoms with Crippen molar-refractivity contribution in [2.45, 2.75) is 51.8 Å². The lowest BCUT2D eigenvalue weighted by atomic mass is 9.91. The molecule has 0 spiro atoms. The first kappa shape index (κ1) is 23.4. The Morgan fingerprint density at radius 1 is 1.19 bits per heavy atom. The van der Waals surface area contributed by atoms with Gasteiger partial charge in [0, 0.05) is 26.2 Å². The summed E-state index contributed by atoms with van der Waals surface area (Å²) in [6.45, 7) is 10.8. The summed E-state index contributed by atoms with van der Waals surface area (Å²) in [6, 6.07) is 10.4. The average molecular weight is 429 g/mol. The zero-order valence-electron chi connectivity index (χ0n) is 18.8. The molecular weight excluding hydrogens is 392 g/mol. The van der Waals surface area contributed by atoms with Crippen LogP contribution >= 0.6 is 0 Å². The molecule has 1 aliphatic rings. The van der Waals surface area contributed by atoms with Crippen LogP contribution in [-0.4, -0.2) is 80.7 Å². The molecule has 3 rings (SSSR count). The maximum atomic E-state index is 12.3. The summed E-state index contributed by atoms with van der Waals surface area (Å²) in [5, 5.41) is 22.0. The van der Waals surface area contributed by atoms with Crippen molar-refractivity contribution >= 4 is 5.91 Å². The Labute approximate surface area is 185 Å². The summed E-state index contributed by atoms with van der Waals surface area (Å²) >= 11 is 0. The van der Waals surface area contributed by atoms with Crippen molar-refractivity contribution in [3.8, 4) is 0 Å². The molecule has 8 heteroatoms. The summed E-state index contributed by atoms with van der Waals surface area (Å²) in [4.78, 5) is 17.0. The van der Waals surface area contributed by atoms with E-state index < -0.39 is 5.60 Å². The van der Waals surface area contributed by atoms with Crippen LogP contribution in [0.3, 0.4) is 0 Å². The molecule has 170 valence electrons. The number of benzene rings is 1. The minimum Gasteiger partial charge on any atom is -0.388 e. The number of hydrogen-bond acceptors (Lipinski definition) is 6. The van der Waals surface area contributed by atoms with E-state index in [1.807, 2.05) is 6.07 Å². The first-order valence-corrected chi connectivity index (χ1v) is 11.4. The number of nitrogens with one attached hydrogen (secondary N) is 1. The van der Waals surface area contributed by atoms with Crippen molar-refractivity contribution in [1.29, 1.82) is 0 Å². The van der Waals surface area contributed by atoms with Crippen LogP contribution in [0.15, 0.2) is 36.5 Å². The van der Waals surface area contributed by atoms with Crippen LogP contribution in [0.4, 0.5) is 0 Å². The van der Waals surface area contributed by atoms with E-state index in [2.05, 4.69) is 63.5 Å². The quantitative estimate of drug-likeness (QED) is 0.531. The SMILES string of the molecule is CCN(CC)CCCNC(=O)c1cn(CC2(O)CCN(Cc3ccccc3)CC2)nn1. The third kappa shape index (κ3) is 7.12. The number of aliphatic hydroxyl groups is 1. The molecule has 0 saturated carbocycles. The Kier molecular flexibility index (Phi) is 8.57. The Morgan fingerprint density at radius 2 is 1.90 bits per heavy atom. The molecule has 2 N–H and O–H groups in total. The topological polar surface area (TPSA) is 86.5 Å². The zero-order valence-corrected chi connectivity index (χ0v) is 18.8. The number of amides is 1. The number of aromatic nitrogens is 3. The van der Waals surface area contributed by atoms with Gasteiger partial charge in [-0.1, -0.05) is 49.4 Å². The van der Waals surface area contributed by atoms with Gasteiger partial charge in [0.1, 0.15) is 0 Å². The molecule has 1 aliphatic heterocycles. The summed E-state index contributed by atoms with van der Waals surface area (Å²) in [7, 11) is 0. The lowest BCUT2D eigenvalue weighted by molar-refractivity contribution is -0.0383. The minimum absolute atomic E-state index is 0.213. The van der Waals surface area contributed by atoms with Gasteiger partial charge in [-0.3, -0.25) is 9.69 Å². The van der Waals surface area contributed by atoms with Crippen LogP contribution in [0.25, 0.3) is 0 Å². The van der Waals surface area contributed by atoms with Gasteiger partial charge in [0.15, 0.2) is 5.69 Å². The maximum absolute atomic E-state index is 12.3. The van der Waals surface area contributed by atoms with Crippen LogP contribution in [-0.2, 0) is 13.1 Å². The second kappa shape index (κ2) is 11.4. The predicted octanol–water partition coefficient (Wildman–Crippen LogP) is 1.77. The third-order valence-electron chi connectivity index (χ3n) is 6.09. The lowest BCUT2D eigenvalue weighted by Gasteiger charge is -2.38. The van der Waals surface area contributed by atoms with Gasteiger partial charge in [0.05, 0.1) is 18.3 Å². The van der Waals surface area contributed by atoms with Gasteiger partial charge < -0.3 is 15.3 Å². The molecule has 0 bridgehead atoms. The fourth-order valence-electron chi connectivity index (χ4n) is 4.04. The van der Waals surface area contributed by atoms with Gasteiger partial charge in [-0.2, -0.15) is 0 Å². The number of piperidine rings is 1. The predicted molar refractivity (Wildman–Crippen MR) is 121 cm³/mol. The molecule has 0 unspecified atom stereocenters. The molecule has 1 saturated heterocycles. The first-order valence-electron chi connectivity index (χ1n) is 11.4. The number of likely N-dealkylation sites (tertiary alicyclic amines) is 1. The van der Waals surface area contributed by atoms with E-state index in [0.29, 0.717) is 31.6 Å². The van der Waals surface area contributed by atoms with Crippen molar-refractivity contribution in [3.63, 3.8) is 0 Å². The molecule has 0 atom stereocenters. The summed E-state index contributed by atoms with van der Waals surface area (Å²) < 4.78 is 1.59. The normalized spacial score (nSPS) is 16.5.